The van der Waals surface area contributed by atoms with Crippen molar-refractivity contribution in [2.45, 2.75) is 18.7 Å². The van der Waals surface area contributed by atoms with Gasteiger partial charge in [0.05, 0.1) is 13.4 Å². The van der Waals surface area contributed by atoms with E-state index >= 15 is 0 Å². The van der Waals surface area contributed by atoms with E-state index in [4.69, 9.17) is 4.42 Å². The van der Waals surface area contributed by atoms with Crippen molar-refractivity contribution in [3.63, 3.8) is 0 Å². The van der Waals surface area contributed by atoms with Gasteiger partial charge in [0.2, 0.25) is 11.7 Å². The van der Waals surface area contributed by atoms with E-state index in [0.29, 0.717) is 11.4 Å². The number of methoxy groups -OCH3 is 1. The quantitative estimate of drug-likeness (QED) is 0.774. The molecule has 0 aromatic carbocycles. The smallest absolute Gasteiger partial charge is 0.375 e. The van der Waals surface area contributed by atoms with E-state index in [1.54, 1.807) is 24.6 Å². The molecule has 0 atom stereocenters. The second kappa shape index (κ2) is 6.66. The summed E-state index contributed by atoms with van der Waals surface area (Å²) in [4.78, 5) is 30.7. The van der Waals surface area contributed by atoms with Gasteiger partial charge >= 0.3 is 12.0 Å². The van der Waals surface area contributed by atoms with Crippen molar-refractivity contribution < 1.29 is 27.2 Å². The molecule has 0 aliphatic heterocycles. The molecule has 2 rings (SSSR count). The molecule has 0 spiro atoms. The second-order valence-electron chi connectivity index (χ2n) is 4.64. The van der Waals surface area contributed by atoms with Crippen molar-refractivity contribution in [1.29, 1.82) is 0 Å². The first-order valence-electron chi connectivity index (χ1n) is 6.55. The Morgan fingerprint density at radius 1 is 1.21 bits per heavy atom. The Morgan fingerprint density at radius 3 is 2.42 bits per heavy atom. The third-order valence-corrected chi connectivity index (χ3v) is 4.08. The highest BCUT2D eigenvalue weighted by Crippen LogP contribution is 2.17. The summed E-state index contributed by atoms with van der Waals surface area (Å²) in [6.45, 7) is 3.39. The predicted octanol–water partition coefficient (Wildman–Crippen LogP) is 0.983. The number of rotatable bonds is 4. The van der Waals surface area contributed by atoms with Crippen LogP contribution in [0.15, 0.2) is 27.7 Å². The second-order valence-corrected chi connectivity index (χ2v) is 6.29. The Morgan fingerprint density at radius 2 is 1.83 bits per heavy atom. The average molecular weight is 354 g/mol. The number of ether oxygens (including phenoxy) is 1. The lowest BCUT2D eigenvalue weighted by Gasteiger charge is -2.08. The standard InChI is InChI=1S/C13H14N4O6S/c1-7-6-8(2)15-12(14-7)16-13(19)17-24(20,21)9-4-5-23-10(9)11(18)22-3/h4-6H,1-3H3,(H2,14,15,16,17,19). The Labute approximate surface area is 137 Å². The van der Waals surface area contributed by atoms with Gasteiger partial charge in [-0.3, -0.25) is 5.32 Å². The van der Waals surface area contributed by atoms with Gasteiger partial charge in [-0.1, -0.05) is 0 Å². The Balaban J connectivity index is 2.19. The molecule has 2 amide bonds. The van der Waals surface area contributed by atoms with E-state index < -0.39 is 32.7 Å². The number of furan rings is 1. The molecule has 10 nitrogen and oxygen atoms in total. The molecule has 0 fully saturated rings. The van der Waals surface area contributed by atoms with Crippen LogP contribution in [0.1, 0.15) is 21.9 Å². The van der Waals surface area contributed by atoms with E-state index in [9.17, 15) is 18.0 Å². The SMILES string of the molecule is COC(=O)c1occc1S(=O)(=O)NC(=O)Nc1nc(C)cc(C)n1. The average Bonchev–Trinajstić information content (AvgIpc) is 2.94. The number of nitrogens with one attached hydrogen (secondary N) is 2. The van der Waals surface area contributed by atoms with Crippen LogP contribution in [0.4, 0.5) is 10.7 Å². The summed E-state index contributed by atoms with van der Waals surface area (Å²) < 4.78 is 35.3. The van der Waals surface area contributed by atoms with Crippen molar-refractivity contribution in [2.24, 2.45) is 0 Å². The van der Waals surface area contributed by atoms with Crippen LogP contribution in [0.3, 0.4) is 0 Å². The van der Waals surface area contributed by atoms with E-state index in [1.807, 2.05) is 0 Å². The molecule has 128 valence electrons. The highest BCUT2D eigenvalue weighted by atomic mass is 32.2. The predicted molar refractivity (Wildman–Crippen MR) is 80.9 cm³/mol. The normalized spacial score (nSPS) is 11.0. The Hall–Kier alpha value is -2.95. The molecule has 2 N–H and O–H groups in total. The first kappa shape index (κ1) is 17.4. The monoisotopic (exact) mass is 354 g/mol. The summed E-state index contributed by atoms with van der Waals surface area (Å²) in [5.41, 5.74) is 1.20. The molecule has 0 radical (unpaired) electrons. The molecule has 0 saturated carbocycles. The number of urea groups is 1. The van der Waals surface area contributed by atoms with Gasteiger partial charge in [-0.2, -0.15) is 0 Å². The summed E-state index contributed by atoms with van der Waals surface area (Å²) >= 11 is 0. The summed E-state index contributed by atoms with van der Waals surface area (Å²) in [5, 5.41) is 2.21. The van der Waals surface area contributed by atoms with E-state index in [1.165, 1.54) is 0 Å². The number of anilines is 1. The van der Waals surface area contributed by atoms with Crippen LogP contribution >= 0.6 is 0 Å². The number of aromatic nitrogens is 2. The van der Waals surface area contributed by atoms with Crippen LogP contribution in [0.5, 0.6) is 0 Å². The van der Waals surface area contributed by atoms with Gasteiger partial charge in [0, 0.05) is 11.4 Å². The zero-order valence-electron chi connectivity index (χ0n) is 13.0. The van der Waals surface area contributed by atoms with E-state index in [-0.39, 0.29) is 5.95 Å². The highest BCUT2D eigenvalue weighted by molar-refractivity contribution is 7.90. The number of hydrogen-bond donors (Lipinski definition) is 2. The van der Waals surface area contributed by atoms with E-state index in [0.717, 1.165) is 19.4 Å². The molecular formula is C13H14N4O6S. The fraction of sp³-hybridized carbons (Fsp3) is 0.231. The molecule has 2 heterocycles. The maximum Gasteiger partial charge on any atom is 0.375 e. The van der Waals surface area contributed by atoms with Crippen molar-refractivity contribution in [1.82, 2.24) is 14.7 Å². The van der Waals surface area contributed by atoms with Gasteiger partial charge in [-0.15, -0.1) is 0 Å². The van der Waals surface area contributed by atoms with Crippen molar-refractivity contribution in [3.8, 4) is 0 Å². The molecule has 11 heteroatoms. The number of nitrogens with zero attached hydrogens (tertiary/aromatic N) is 2. The Bertz CT molecular complexity index is 869. The zero-order chi connectivity index (χ0) is 17.9. The molecule has 0 aliphatic carbocycles. The largest absolute Gasteiger partial charge is 0.463 e. The summed E-state index contributed by atoms with van der Waals surface area (Å²) in [5.74, 6) is -1.58. The van der Waals surface area contributed by atoms with E-state index in [2.05, 4.69) is 20.0 Å². The van der Waals surface area contributed by atoms with Gasteiger partial charge in [-0.25, -0.2) is 32.7 Å². The van der Waals surface area contributed by atoms with Crippen molar-refractivity contribution in [2.75, 3.05) is 12.4 Å². The summed E-state index contributed by atoms with van der Waals surface area (Å²) in [7, 11) is -3.29. The van der Waals surface area contributed by atoms with Crippen LogP contribution in [0.2, 0.25) is 0 Å². The molecular weight excluding hydrogens is 340 g/mol. The number of amides is 2. The minimum Gasteiger partial charge on any atom is -0.463 e. The zero-order valence-corrected chi connectivity index (χ0v) is 13.8. The molecule has 0 bridgehead atoms. The number of aryl methyl sites for hydroxylation is 2. The number of carbonyl (C=O) groups is 2. The van der Waals surface area contributed by atoms with Crippen LogP contribution in [0.25, 0.3) is 0 Å². The number of hydrogen-bond acceptors (Lipinski definition) is 8. The maximum absolute atomic E-state index is 12.2. The summed E-state index contributed by atoms with van der Waals surface area (Å²) in [6.07, 6.45) is 0.992. The number of esters is 1. The molecule has 0 aliphatic rings. The fourth-order valence-electron chi connectivity index (χ4n) is 1.84. The maximum atomic E-state index is 12.2. The van der Waals surface area contributed by atoms with Crippen molar-refractivity contribution in [3.05, 3.63) is 35.5 Å². The molecule has 24 heavy (non-hydrogen) atoms. The number of sulfonamides is 1. The Kier molecular flexibility index (Phi) is 4.83. The minimum atomic E-state index is -4.35. The van der Waals surface area contributed by atoms with Gasteiger partial charge in [-0.05, 0) is 26.0 Å². The van der Waals surface area contributed by atoms with Crippen LogP contribution < -0.4 is 10.0 Å². The number of carbonyl (C=O) groups excluding carboxylic acids is 2. The molecule has 2 aromatic rings. The van der Waals surface area contributed by atoms with Crippen LogP contribution in [-0.2, 0) is 14.8 Å². The topological polar surface area (TPSA) is 140 Å². The first-order valence-corrected chi connectivity index (χ1v) is 8.03. The van der Waals surface area contributed by atoms with Crippen LogP contribution in [-0.4, -0.2) is 37.5 Å². The third-order valence-electron chi connectivity index (χ3n) is 2.72. The van der Waals surface area contributed by atoms with Crippen molar-refractivity contribution >= 4 is 28.0 Å². The lowest BCUT2D eigenvalue weighted by atomic mass is 10.4. The van der Waals surface area contributed by atoms with Gasteiger partial charge in [0.25, 0.3) is 10.0 Å². The van der Waals surface area contributed by atoms with Gasteiger partial charge in [0.15, 0.2) is 0 Å². The van der Waals surface area contributed by atoms with Crippen LogP contribution in [0, 0.1) is 13.8 Å². The minimum absolute atomic E-state index is 0.0550. The first-order chi connectivity index (χ1) is 11.2. The molecule has 2 aromatic heterocycles. The van der Waals surface area contributed by atoms with Gasteiger partial charge in [0.1, 0.15) is 4.90 Å². The lowest BCUT2D eigenvalue weighted by Crippen LogP contribution is -2.35. The fourth-order valence-corrected chi connectivity index (χ4v) is 2.85. The molecule has 0 unspecified atom stereocenters. The third kappa shape index (κ3) is 3.87. The van der Waals surface area contributed by atoms with Gasteiger partial charge < -0.3 is 9.15 Å². The summed E-state index contributed by atoms with van der Waals surface area (Å²) in [6, 6.07) is 1.63. The lowest BCUT2D eigenvalue weighted by molar-refractivity contribution is 0.0559. The molecule has 0 saturated heterocycles. The highest BCUT2D eigenvalue weighted by Gasteiger charge is 2.28.